The molecule has 0 aliphatic rings. The van der Waals surface area contributed by atoms with E-state index in [0.717, 1.165) is 55.0 Å². The fourth-order valence-electron chi connectivity index (χ4n) is 4.18. The smallest absolute Gasteiger partial charge is 0.160 e. The third kappa shape index (κ3) is 6.52. The standard InChI is InChI=1S/C28H38N2O3/c1-21(2)28(20-29,25-12-10-24(11-13-25)22(3)31-5)16-8-17-30(4)18-15-23-9-14-26(32-6)27(19-23)33-7/h9-14,19,21H,3,8,15-18H2,1-2,4-7H3. The van der Waals surface area contributed by atoms with Crippen LogP contribution in [0.5, 0.6) is 11.5 Å². The molecule has 0 saturated carbocycles. The van der Waals surface area contributed by atoms with Gasteiger partial charge in [0.2, 0.25) is 0 Å². The molecule has 0 saturated heterocycles. The zero-order chi connectivity index (χ0) is 24.4. The number of methoxy groups -OCH3 is 3. The van der Waals surface area contributed by atoms with E-state index in [9.17, 15) is 5.26 Å². The molecule has 0 radical (unpaired) electrons. The Hall–Kier alpha value is -2.97. The molecule has 0 N–H and O–H groups in total. The Bertz CT molecular complexity index is 947. The summed E-state index contributed by atoms with van der Waals surface area (Å²) in [5.41, 5.74) is 2.69. The highest BCUT2D eigenvalue weighted by molar-refractivity contribution is 5.58. The molecular formula is C28H38N2O3. The van der Waals surface area contributed by atoms with E-state index in [1.54, 1.807) is 21.3 Å². The number of nitriles is 1. The number of likely N-dealkylation sites (N-methyl/N-ethyl adjacent to an activating group) is 1. The molecule has 0 fully saturated rings. The number of hydrogen-bond acceptors (Lipinski definition) is 5. The minimum atomic E-state index is -0.517. The van der Waals surface area contributed by atoms with Crippen molar-refractivity contribution in [2.24, 2.45) is 5.92 Å². The first-order valence-electron chi connectivity index (χ1n) is 11.5. The van der Waals surface area contributed by atoms with Gasteiger partial charge < -0.3 is 19.1 Å². The molecule has 2 aromatic carbocycles. The second-order valence-electron chi connectivity index (χ2n) is 8.79. The predicted octanol–water partition coefficient (Wildman–Crippen LogP) is 5.69. The summed E-state index contributed by atoms with van der Waals surface area (Å²) < 4.78 is 16.0. The highest BCUT2D eigenvalue weighted by Gasteiger charge is 2.35. The first-order chi connectivity index (χ1) is 15.8. The number of ether oxygens (including phenoxy) is 3. The molecule has 0 aliphatic carbocycles. The summed E-state index contributed by atoms with van der Waals surface area (Å²) in [4.78, 5) is 2.32. The predicted molar refractivity (Wildman–Crippen MR) is 135 cm³/mol. The Balaban J connectivity index is 1.98. The van der Waals surface area contributed by atoms with Gasteiger partial charge in [-0.1, -0.05) is 50.8 Å². The van der Waals surface area contributed by atoms with Crippen LogP contribution in [-0.4, -0.2) is 46.4 Å². The van der Waals surface area contributed by atoms with E-state index >= 15 is 0 Å². The fourth-order valence-corrected chi connectivity index (χ4v) is 4.18. The summed E-state index contributed by atoms with van der Waals surface area (Å²) >= 11 is 0. The Morgan fingerprint density at radius 2 is 1.70 bits per heavy atom. The van der Waals surface area contributed by atoms with Crippen molar-refractivity contribution in [1.82, 2.24) is 4.90 Å². The molecule has 0 aromatic heterocycles. The van der Waals surface area contributed by atoms with Crippen molar-refractivity contribution in [3.05, 3.63) is 65.7 Å². The van der Waals surface area contributed by atoms with Gasteiger partial charge in [0.05, 0.1) is 32.8 Å². The summed E-state index contributed by atoms with van der Waals surface area (Å²) in [6.45, 7) is 10.0. The maximum atomic E-state index is 10.2. The quantitative estimate of drug-likeness (QED) is 0.367. The van der Waals surface area contributed by atoms with Crippen LogP contribution in [0.4, 0.5) is 0 Å². The van der Waals surface area contributed by atoms with Gasteiger partial charge in [0.15, 0.2) is 11.5 Å². The fraction of sp³-hybridized carbons (Fsp3) is 0.464. The zero-order valence-corrected chi connectivity index (χ0v) is 21.0. The molecule has 0 bridgehead atoms. The van der Waals surface area contributed by atoms with E-state index in [2.05, 4.69) is 44.5 Å². The Kier molecular flexibility index (Phi) is 9.81. The Morgan fingerprint density at radius 3 is 2.24 bits per heavy atom. The van der Waals surface area contributed by atoms with E-state index in [1.807, 2.05) is 36.4 Å². The monoisotopic (exact) mass is 450 g/mol. The van der Waals surface area contributed by atoms with Crippen LogP contribution >= 0.6 is 0 Å². The molecule has 2 rings (SSSR count). The third-order valence-electron chi connectivity index (χ3n) is 6.49. The van der Waals surface area contributed by atoms with Crippen molar-refractivity contribution < 1.29 is 14.2 Å². The number of hydrogen-bond donors (Lipinski definition) is 0. The van der Waals surface area contributed by atoms with Crippen molar-refractivity contribution in [1.29, 1.82) is 5.26 Å². The third-order valence-corrected chi connectivity index (χ3v) is 6.49. The van der Waals surface area contributed by atoms with Gasteiger partial charge in [0, 0.05) is 12.1 Å². The Morgan fingerprint density at radius 1 is 1.03 bits per heavy atom. The van der Waals surface area contributed by atoms with Crippen molar-refractivity contribution in [2.75, 3.05) is 41.5 Å². The van der Waals surface area contributed by atoms with Gasteiger partial charge in [-0.05, 0) is 62.0 Å². The SMILES string of the molecule is C=C(OC)c1ccc(C(C#N)(CCCN(C)CCc2ccc(OC)c(OC)c2)C(C)C)cc1. The molecule has 5 nitrogen and oxygen atoms in total. The van der Waals surface area contributed by atoms with E-state index < -0.39 is 5.41 Å². The van der Waals surface area contributed by atoms with E-state index in [1.165, 1.54) is 5.56 Å². The molecule has 0 aliphatic heterocycles. The zero-order valence-electron chi connectivity index (χ0n) is 21.0. The molecular weight excluding hydrogens is 412 g/mol. The normalized spacial score (nSPS) is 12.8. The summed E-state index contributed by atoms with van der Waals surface area (Å²) in [5.74, 6) is 2.34. The lowest BCUT2D eigenvalue weighted by molar-refractivity contribution is 0.293. The molecule has 0 heterocycles. The van der Waals surface area contributed by atoms with Crippen LogP contribution in [0.25, 0.3) is 5.76 Å². The molecule has 5 heteroatoms. The first-order valence-corrected chi connectivity index (χ1v) is 11.5. The van der Waals surface area contributed by atoms with E-state index in [4.69, 9.17) is 14.2 Å². The van der Waals surface area contributed by atoms with Crippen molar-refractivity contribution in [3.8, 4) is 17.6 Å². The van der Waals surface area contributed by atoms with Crippen molar-refractivity contribution in [2.45, 2.75) is 38.5 Å². The van der Waals surface area contributed by atoms with E-state index in [0.29, 0.717) is 5.76 Å². The molecule has 0 spiro atoms. The van der Waals surface area contributed by atoms with Gasteiger partial charge in [-0.15, -0.1) is 0 Å². The highest BCUT2D eigenvalue weighted by atomic mass is 16.5. The summed E-state index contributed by atoms with van der Waals surface area (Å²) in [7, 11) is 7.06. The number of benzene rings is 2. The lowest BCUT2D eigenvalue weighted by Gasteiger charge is -2.32. The van der Waals surface area contributed by atoms with Gasteiger partial charge in [-0.3, -0.25) is 0 Å². The average Bonchev–Trinajstić information content (AvgIpc) is 2.84. The van der Waals surface area contributed by atoms with Crippen LogP contribution in [-0.2, 0) is 16.6 Å². The summed E-state index contributed by atoms with van der Waals surface area (Å²) in [6.07, 6.45) is 2.68. The van der Waals surface area contributed by atoms with Gasteiger partial charge in [-0.25, -0.2) is 0 Å². The van der Waals surface area contributed by atoms with Crippen molar-refractivity contribution in [3.63, 3.8) is 0 Å². The highest BCUT2D eigenvalue weighted by Crippen LogP contribution is 2.37. The molecule has 2 aromatic rings. The lowest BCUT2D eigenvalue weighted by Crippen LogP contribution is -2.32. The molecule has 1 atom stereocenters. The molecule has 0 amide bonds. The maximum absolute atomic E-state index is 10.2. The molecule has 178 valence electrons. The average molecular weight is 451 g/mol. The summed E-state index contributed by atoms with van der Waals surface area (Å²) in [6, 6.07) is 16.8. The minimum Gasteiger partial charge on any atom is -0.497 e. The van der Waals surface area contributed by atoms with Gasteiger partial charge in [0.25, 0.3) is 0 Å². The second-order valence-corrected chi connectivity index (χ2v) is 8.79. The van der Waals surface area contributed by atoms with Crippen LogP contribution in [0, 0.1) is 17.2 Å². The Labute approximate surface area is 199 Å². The van der Waals surface area contributed by atoms with Gasteiger partial charge in [0.1, 0.15) is 5.76 Å². The van der Waals surface area contributed by atoms with Crippen LogP contribution in [0.1, 0.15) is 43.4 Å². The van der Waals surface area contributed by atoms with Crippen LogP contribution in [0.2, 0.25) is 0 Å². The largest absolute Gasteiger partial charge is 0.497 e. The van der Waals surface area contributed by atoms with Crippen LogP contribution in [0.3, 0.4) is 0 Å². The lowest BCUT2D eigenvalue weighted by atomic mass is 9.69. The van der Waals surface area contributed by atoms with Gasteiger partial charge in [-0.2, -0.15) is 5.26 Å². The number of nitrogens with zero attached hydrogens (tertiary/aromatic N) is 2. The number of rotatable bonds is 13. The van der Waals surface area contributed by atoms with Crippen LogP contribution < -0.4 is 9.47 Å². The maximum Gasteiger partial charge on any atom is 0.160 e. The second kappa shape index (κ2) is 12.3. The molecule has 33 heavy (non-hydrogen) atoms. The van der Waals surface area contributed by atoms with E-state index in [-0.39, 0.29) is 5.92 Å². The van der Waals surface area contributed by atoms with Crippen LogP contribution in [0.15, 0.2) is 49.0 Å². The minimum absolute atomic E-state index is 0.205. The summed E-state index contributed by atoms with van der Waals surface area (Å²) in [5, 5.41) is 10.2. The van der Waals surface area contributed by atoms with Gasteiger partial charge >= 0.3 is 0 Å². The first kappa shape index (κ1) is 26.3. The molecule has 1 unspecified atom stereocenters. The topological polar surface area (TPSA) is 54.7 Å². The van der Waals surface area contributed by atoms with Crippen molar-refractivity contribution >= 4 is 5.76 Å².